The summed E-state index contributed by atoms with van der Waals surface area (Å²) < 4.78 is 0. The Labute approximate surface area is 115 Å². The molecule has 2 rings (SSSR count). The summed E-state index contributed by atoms with van der Waals surface area (Å²) in [6.07, 6.45) is 2.42. The van der Waals surface area contributed by atoms with Crippen LogP contribution < -0.4 is 5.32 Å². The second kappa shape index (κ2) is 6.55. The van der Waals surface area contributed by atoms with Gasteiger partial charge < -0.3 is 5.32 Å². The van der Waals surface area contributed by atoms with E-state index in [1.165, 1.54) is 18.4 Å². The molecule has 0 unspecified atom stereocenters. The van der Waals surface area contributed by atoms with Crippen molar-refractivity contribution in [1.29, 1.82) is 0 Å². The van der Waals surface area contributed by atoms with Crippen molar-refractivity contribution >= 4 is 11.6 Å². The van der Waals surface area contributed by atoms with E-state index in [1.54, 1.807) is 0 Å². The lowest BCUT2D eigenvalue weighted by Crippen LogP contribution is -2.45. The topological polar surface area (TPSA) is 15.3 Å². The smallest absolute Gasteiger partial charge is 0.0438 e. The molecule has 0 aromatic heterocycles. The average Bonchev–Trinajstić information content (AvgIpc) is 2.40. The molecule has 1 aromatic carbocycles. The molecule has 0 saturated carbocycles. The third kappa shape index (κ3) is 3.25. The summed E-state index contributed by atoms with van der Waals surface area (Å²) in [5.74, 6) is 0. The predicted molar refractivity (Wildman–Crippen MR) is 78.3 cm³/mol. The van der Waals surface area contributed by atoms with Crippen LogP contribution in [-0.2, 0) is 0 Å². The van der Waals surface area contributed by atoms with Crippen LogP contribution in [0.2, 0.25) is 5.02 Å². The minimum Gasteiger partial charge on any atom is -0.314 e. The number of nitrogens with one attached hydrogen (secondary N) is 1. The maximum absolute atomic E-state index is 6.27. The van der Waals surface area contributed by atoms with Crippen LogP contribution in [0, 0.1) is 6.92 Å². The van der Waals surface area contributed by atoms with Crippen molar-refractivity contribution in [2.45, 2.75) is 32.7 Å². The minimum absolute atomic E-state index is 0.523. The van der Waals surface area contributed by atoms with Gasteiger partial charge in [-0.05, 0) is 30.5 Å². The maximum atomic E-state index is 6.27. The SMILES string of the molecule is CCC[C@H](c1ccc(C)c(Cl)c1)N1CCNCC1. The first kappa shape index (κ1) is 13.9. The van der Waals surface area contributed by atoms with E-state index in [-0.39, 0.29) is 0 Å². The van der Waals surface area contributed by atoms with E-state index < -0.39 is 0 Å². The Morgan fingerprint density at radius 1 is 1.33 bits per heavy atom. The molecule has 18 heavy (non-hydrogen) atoms. The molecule has 1 aromatic rings. The van der Waals surface area contributed by atoms with Crippen molar-refractivity contribution in [3.8, 4) is 0 Å². The summed E-state index contributed by atoms with van der Waals surface area (Å²) in [6, 6.07) is 7.06. The predicted octanol–water partition coefficient (Wildman–Crippen LogP) is 3.39. The fourth-order valence-electron chi connectivity index (χ4n) is 2.64. The molecule has 0 aliphatic carbocycles. The highest BCUT2D eigenvalue weighted by Crippen LogP contribution is 2.29. The zero-order chi connectivity index (χ0) is 13.0. The van der Waals surface area contributed by atoms with Crippen LogP contribution in [0.1, 0.15) is 36.9 Å². The largest absolute Gasteiger partial charge is 0.314 e. The van der Waals surface area contributed by atoms with Gasteiger partial charge in [-0.1, -0.05) is 37.1 Å². The third-order valence-electron chi connectivity index (χ3n) is 3.74. The summed E-state index contributed by atoms with van der Waals surface area (Å²) in [6.45, 7) is 8.78. The Hall–Kier alpha value is -0.570. The number of hydrogen-bond acceptors (Lipinski definition) is 2. The monoisotopic (exact) mass is 266 g/mol. The number of rotatable bonds is 4. The molecule has 100 valence electrons. The molecular formula is C15H23ClN2. The molecule has 1 saturated heterocycles. The lowest BCUT2D eigenvalue weighted by atomic mass is 9.99. The third-order valence-corrected chi connectivity index (χ3v) is 4.14. The number of halogens is 1. The van der Waals surface area contributed by atoms with E-state index in [9.17, 15) is 0 Å². The molecular weight excluding hydrogens is 244 g/mol. The van der Waals surface area contributed by atoms with Crippen molar-refractivity contribution in [2.24, 2.45) is 0 Å². The normalized spacial score (nSPS) is 18.8. The molecule has 0 spiro atoms. The number of benzene rings is 1. The van der Waals surface area contributed by atoms with Crippen LogP contribution in [0.3, 0.4) is 0 Å². The zero-order valence-corrected chi connectivity index (χ0v) is 12.1. The van der Waals surface area contributed by atoms with E-state index in [0.29, 0.717) is 6.04 Å². The van der Waals surface area contributed by atoms with E-state index in [4.69, 9.17) is 11.6 Å². The van der Waals surface area contributed by atoms with Crippen LogP contribution >= 0.6 is 11.6 Å². The summed E-state index contributed by atoms with van der Waals surface area (Å²) in [5, 5.41) is 4.31. The quantitative estimate of drug-likeness (QED) is 0.899. The first-order chi connectivity index (χ1) is 8.72. The molecule has 0 radical (unpaired) electrons. The van der Waals surface area contributed by atoms with Crippen molar-refractivity contribution in [1.82, 2.24) is 10.2 Å². The lowest BCUT2D eigenvalue weighted by Gasteiger charge is -2.35. The van der Waals surface area contributed by atoms with Gasteiger partial charge in [0.25, 0.3) is 0 Å². The van der Waals surface area contributed by atoms with Gasteiger partial charge in [0.15, 0.2) is 0 Å². The van der Waals surface area contributed by atoms with Crippen LogP contribution in [0.15, 0.2) is 18.2 Å². The fourth-order valence-corrected chi connectivity index (χ4v) is 2.83. The second-order valence-corrected chi connectivity index (χ2v) is 5.51. The zero-order valence-electron chi connectivity index (χ0n) is 11.4. The molecule has 1 atom stereocenters. The molecule has 2 nitrogen and oxygen atoms in total. The van der Waals surface area contributed by atoms with Gasteiger partial charge in [-0.2, -0.15) is 0 Å². The van der Waals surface area contributed by atoms with Gasteiger partial charge >= 0.3 is 0 Å². The number of aryl methyl sites for hydroxylation is 1. The Morgan fingerprint density at radius 2 is 2.06 bits per heavy atom. The highest BCUT2D eigenvalue weighted by Gasteiger charge is 2.21. The van der Waals surface area contributed by atoms with Crippen LogP contribution in [0.4, 0.5) is 0 Å². The number of piperazine rings is 1. The van der Waals surface area contributed by atoms with Gasteiger partial charge in [-0.15, -0.1) is 0 Å². The molecule has 0 bridgehead atoms. The summed E-state index contributed by atoms with van der Waals surface area (Å²) >= 11 is 6.27. The van der Waals surface area contributed by atoms with Crippen molar-refractivity contribution in [3.63, 3.8) is 0 Å². The molecule has 1 aliphatic heterocycles. The summed E-state index contributed by atoms with van der Waals surface area (Å²) in [5.41, 5.74) is 2.53. The maximum Gasteiger partial charge on any atom is 0.0438 e. The lowest BCUT2D eigenvalue weighted by molar-refractivity contribution is 0.164. The molecule has 1 heterocycles. The molecule has 1 fully saturated rings. The van der Waals surface area contributed by atoms with Gasteiger partial charge in [-0.25, -0.2) is 0 Å². The highest BCUT2D eigenvalue weighted by molar-refractivity contribution is 6.31. The fraction of sp³-hybridized carbons (Fsp3) is 0.600. The first-order valence-electron chi connectivity index (χ1n) is 6.93. The van der Waals surface area contributed by atoms with E-state index in [1.807, 2.05) is 0 Å². The Morgan fingerprint density at radius 3 is 2.67 bits per heavy atom. The first-order valence-corrected chi connectivity index (χ1v) is 7.31. The van der Waals surface area contributed by atoms with Gasteiger partial charge in [0, 0.05) is 37.2 Å². The van der Waals surface area contributed by atoms with E-state index in [2.05, 4.69) is 42.3 Å². The van der Waals surface area contributed by atoms with Gasteiger partial charge in [-0.3, -0.25) is 4.90 Å². The molecule has 1 N–H and O–H groups in total. The van der Waals surface area contributed by atoms with Crippen LogP contribution in [0.5, 0.6) is 0 Å². The average molecular weight is 267 g/mol. The van der Waals surface area contributed by atoms with Crippen molar-refractivity contribution in [2.75, 3.05) is 26.2 Å². The van der Waals surface area contributed by atoms with Gasteiger partial charge in [0.2, 0.25) is 0 Å². The minimum atomic E-state index is 0.523. The van der Waals surface area contributed by atoms with E-state index >= 15 is 0 Å². The molecule has 3 heteroatoms. The van der Waals surface area contributed by atoms with E-state index in [0.717, 1.165) is 36.8 Å². The Kier molecular flexibility index (Phi) is 5.04. The van der Waals surface area contributed by atoms with Crippen molar-refractivity contribution in [3.05, 3.63) is 34.3 Å². The van der Waals surface area contributed by atoms with Crippen LogP contribution in [0.25, 0.3) is 0 Å². The standard InChI is InChI=1S/C15H23ClN2/c1-3-4-15(18-9-7-17-8-10-18)13-6-5-12(2)14(16)11-13/h5-6,11,15,17H,3-4,7-10H2,1-2H3/t15-/m1/s1. The van der Waals surface area contributed by atoms with Crippen LogP contribution in [-0.4, -0.2) is 31.1 Å². The van der Waals surface area contributed by atoms with Crippen molar-refractivity contribution < 1.29 is 0 Å². The number of nitrogens with zero attached hydrogens (tertiary/aromatic N) is 1. The highest BCUT2D eigenvalue weighted by atomic mass is 35.5. The van der Waals surface area contributed by atoms with Gasteiger partial charge in [0.1, 0.15) is 0 Å². The second-order valence-electron chi connectivity index (χ2n) is 5.10. The molecule has 1 aliphatic rings. The van der Waals surface area contributed by atoms with Gasteiger partial charge in [0.05, 0.1) is 0 Å². The summed E-state index contributed by atoms with van der Waals surface area (Å²) in [7, 11) is 0. The Balaban J connectivity index is 2.19. The summed E-state index contributed by atoms with van der Waals surface area (Å²) in [4.78, 5) is 2.58. The Bertz CT molecular complexity index is 386. The molecule has 0 amide bonds. The number of hydrogen-bond donors (Lipinski definition) is 1.